The summed E-state index contributed by atoms with van der Waals surface area (Å²) < 4.78 is 0. The largest absolute Gasteiger partial charge is 0.103 e. The van der Waals surface area contributed by atoms with Gasteiger partial charge in [-0.3, -0.25) is 0 Å². The molecule has 0 radical (unpaired) electrons. The van der Waals surface area contributed by atoms with Gasteiger partial charge in [-0.05, 0) is 32.6 Å². The lowest BCUT2D eigenvalue weighted by Gasteiger charge is -1.99. The molecule has 0 atom stereocenters. The van der Waals surface area contributed by atoms with Crippen molar-refractivity contribution in [1.29, 1.82) is 0 Å². The van der Waals surface area contributed by atoms with Crippen molar-refractivity contribution in [2.75, 3.05) is 0 Å². The highest BCUT2D eigenvalue weighted by Gasteiger charge is 1.90. The maximum Gasteiger partial charge on any atom is -0.0142 e. The van der Waals surface area contributed by atoms with Gasteiger partial charge in [0, 0.05) is 0 Å². The molecule has 0 heteroatoms. The first-order valence-corrected chi connectivity index (χ1v) is 4.75. The summed E-state index contributed by atoms with van der Waals surface area (Å²) in [7, 11) is 0. The van der Waals surface area contributed by atoms with E-state index in [0.29, 0.717) is 0 Å². The molecular formula is C12H20. The van der Waals surface area contributed by atoms with Gasteiger partial charge in [-0.15, -0.1) is 6.58 Å². The van der Waals surface area contributed by atoms with Crippen molar-refractivity contribution in [3.05, 3.63) is 36.5 Å². The third-order valence-corrected chi connectivity index (χ3v) is 1.85. The van der Waals surface area contributed by atoms with E-state index in [9.17, 15) is 0 Å². The van der Waals surface area contributed by atoms with Gasteiger partial charge in [0.25, 0.3) is 0 Å². The van der Waals surface area contributed by atoms with E-state index in [1.165, 1.54) is 18.4 Å². The van der Waals surface area contributed by atoms with E-state index in [0.717, 1.165) is 12.8 Å². The fourth-order valence-electron chi connectivity index (χ4n) is 1.10. The summed E-state index contributed by atoms with van der Waals surface area (Å²) in [5.74, 6) is 0. The Morgan fingerprint density at radius 3 is 2.58 bits per heavy atom. The van der Waals surface area contributed by atoms with Crippen molar-refractivity contribution >= 4 is 0 Å². The molecule has 0 aliphatic heterocycles. The predicted molar refractivity (Wildman–Crippen MR) is 57.2 cm³/mol. The lowest BCUT2D eigenvalue weighted by molar-refractivity contribution is 0.932. The van der Waals surface area contributed by atoms with E-state index in [1.54, 1.807) is 0 Å². The van der Waals surface area contributed by atoms with Crippen molar-refractivity contribution in [3.8, 4) is 0 Å². The molecule has 0 aromatic carbocycles. The molecule has 0 aromatic rings. The molecule has 68 valence electrons. The molecule has 0 spiro atoms. The first kappa shape index (κ1) is 11.2. The molecule has 0 fully saturated rings. The molecule has 0 rings (SSSR count). The lowest BCUT2D eigenvalue weighted by Crippen LogP contribution is -1.79. The van der Waals surface area contributed by atoms with E-state index < -0.39 is 0 Å². The molecule has 0 saturated heterocycles. The summed E-state index contributed by atoms with van der Waals surface area (Å²) in [6.07, 6.45) is 13.2. The van der Waals surface area contributed by atoms with Crippen molar-refractivity contribution in [2.45, 2.75) is 39.5 Å². The zero-order valence-electron chi connectivity index (χ0n) is 8.34. The van der Waals surface area contributed by atoms with Gasteiger partial charge in [0.2, 0.25) is 0 Å². The van der Waals surface area contributed by atoms with E-state index in [1.807, 2.05) is 6.08 Å². The first-order chi connectivity index (χ1) is 5.85. The average molecular weight is 164 g/mol. The molecule has 0 nitrogen and oxygen atoms in total. The Hall–Kier alpha value is -0.780. The Balaban J connectivity index is 3.59. The Labute approximate surface area is 76.7 Å². The summed E-state index contributed by atoms with van der Waals surface area (Å²) in [6.45, 7) is 8.00. The Morgan fingerprint density at radius 1 is 1.33 bits per heavy atom. The second-order valence-corrected chi connectivity index (χ2v) is 2.86. The minimum atomic E-state index is 1.04. The van der Waals surface area contributed by atoms with Crippen LogP contribution in [0.3, 0.4) is 0 Å². The summed E-state index contributed by atoms with van der Waals surface area (Å²) in [5.41, 5.74) is 1.49. The quantitative estimate of drug-likeness (QED) is 0.515. The highest BCUT2D eigenvalue weighted by atomic mass is 14.0. The van der Waals surface area contributed by atoms with Gasteiger partial charge in [0.05, 0.1) is 0 Å². The van der Waals surface area contributed by atoms with Crippen LogP contribution in [0, 0.1) is 0 Å². The van der Waals surface area contributed by atoms with Crippen LogP contribution in [-0.4, -0.2) is 0 Å². The fraction of sp³-hybridized carbons (Fsp3) is 0.500. The molecular weight excluding hydrogens is 144 g/mol. The minimum Gasteiger partial charge on any atom is -0.103 e. The molecule has 0 aliphatic carbocycles. The first-order valence-electron chi connectivity index (χ1n) is 4.75. The van der Waals surface area contributed by atoms with Gasteiger partial charge in [0.15, 0.2) is 0 Å². The lowest BCUT2D eigenvalue weighted by atomic mass is 10.1. The van der Waals surface area contributed by atoms with Crippen molar-refractivity contribution in [3.63, 3.8) is 0 Å². The van der Waals surface area contributed by atoms with Crippen LogP contribution in [0.5, 0.6) is 0 Å². The van der Waals surface area contributed by atoms with E-state index in [2.05, 4.69) is 38.7 Å². The van der Waals surface area contributed by atoms with Gasteiger partial charge in [-0.2, -0.15) is 0 Å². The third kappa shape index (κ3) is 5.96. The molecule has 0 aliphatic rings. The zero-order chi connectivity index (χ0) is 9.23. The van der Waals surface area contributed by atoms with Gasteiger partial charge in [0.1, 0.15) is 0 Å². The number of allylic oxidation sites excluding steroid dienone is 5. The number of hydrogen-bond acceptors (Lipinski definition) is 0. The summed E-state index contributed by atoms with van der Waals surface area (Å²) in [5, 5.41) is 0. The Morgan fingerprint density at radius 2 is 2.08 bits per heavy atom. The summed E-state index contributed by atoms with van der Waals surface area (Å²) in [4.78, 5) is 0. The standard InChI is InChI=1S/C12H20/c1-4-7-8-9-11-12(6-3)10-5-2/h5-8H,2,4,9-11H2,1,3H3. The van der Waals surface area contributed by atoms with E-state index in [-0.39, 0.29) is 0 Å². The normalized spacial score (nSPS) is 12.3. The molecule has 0 unspecified atom stereocenters. The highest BCUT2D eigenvalue weighted by Crippen LogP contribution is 2.10. The molecule has 0 amide bonds. The Kier molecular flexibility index (Phi) is 7.78. The monoisotopic (exact) mass is 164 g/mol. The molecule has 0 heterocycles. The van der Waals surface area contributed by atoms with Crippen LogP contribution in [-0.2, 0) is 0 Å². The van der Waals surface area contributed by atoms with Crippen LogP contribution in [0.15, 0.2) is 36.5 Å². The molecule has 12 heavy (non-hydrogen) atoms. The van der Waals surface area contributed by atoms with Crippen LogP contribution in [0.4, 0.5) is 0 Å². The SMILES string of the molecule is C=CCC(=CC)CCC=CCC. The summed E-state index contributed by atoms with van der Waals surface area (Å²) in [6, 6.07) is 0. The number of hydrogen-bond donors (Lipinski definition) is 0. The van der Waals surface area contributed by atoms with E-state index in [4.69, 9.17) is 0 Å². The average Bonchev–Trinajstić information content (AvgIpc) is 2.10. The van der Waals surface area contributed by atoms with Crippen molar-refractivity contribution in [2.24, 2.45) is 0 Å². The van der Waals surface area contributed by atoms with Crippen LogP contribution in [0.1, 0.15) is 39.5 Å². The van der Waals surface area contributed by atoms with Crippen molar-refractivity contribution in [1.82, 2.24) is 0 Å². The maximum absolute atomic E-state index is 3.73. The topological polar surface area (TPSA) is 0 Å². The summed E-state index contributed by atoms with van der Waals surface area (Å²) >= 11 is 0. The second-order valence-electron chi connectivity index (χ2n) is 2.86. The van der Waals surface area contributed by atoms with Gasteiger partial charge in [-0.1, -0.05) is 36.8 Å². The third-order valence-electron chi connectivity index (χ3n) is 1.85. The van der Waals surface area contributed by atoms with Crippen LogP contribution in [0.2, 0.25) is 0 Å². The second kappa shape index (κ2) is 8.32. The van der Waals surface area contributed by atoms with Gasteiger partial charge >= 0.3 is 0 Å². The zero-order valence-corrected chi connectivity index (χ0v) is 8.34. The van der Waals surface area contributed by atoms with Gasteiger partial charge < -0.3 is 0 Å². The smallest absolute Gasteiger partial charge is 0.0142 e. The number of rotatable bonds is 6. The minimum absolute atomic E-state index is 1.04. The predicted octanol–water partition coefficient (Wildman–Crippen LogP) is 4.26. The van der Waals surface area contributed by atoms with Crippen molar-refractivity contribution < 1.29 is 0 Å². The molecule has 0 bridgehead atoms. The van der Waals surface area contributed by atoms with Crippen LogP contribution < -0.4 is 0 Å². The van der Waals surface area contributed by atoms with E-state index >= 15 is 0 Å². The highest BCUT2D eigenvalue weighted by molar-refractivity contribution is 5.06. The Bertz CT molecular complexity index is 161. The fourth-order valence-corrected chi connectivity index (χ4v) is 1.10. The molecule has 0 aromatic heterocycles. The van der Waals surface area contributed by atoms with Crippen LogP contribution in [0.25, 0.3) is 0 Å². The molecule has 0 N–H and O–H groups in total. The van der Waals surface area contributed by atoms with Gasteiger partial charge in [-0.25, -0.2) is 0 Å². The van der Waals surface area contributed by atoms with Crippen LogP contribution >= 0.6 is 0 Å². The molecule has 0 saturated carbocycles. The maximum atomic E-state index is 3.73.